The highest BCUT2D eigenvalue weighted by Crippen LogP contribution is 2.44. The van der Waals surface area contributed by atoms with E-state index in [1.165, 1.54) is 0 Å². The molecule has 1 aromatic carbocycles. The van der Waals surface area contributed by atoms with Crippen LogP contribution in [0.5, 0.6) is 0 Å². The van der Waals surface area contributed by atoms with Crippen LogP contribution < -0.4 is 11.0 Å². The third-order valence-corrected chi connectivity index (χ3v) is 5.93. The summed E-state index contributed by atoms with van der Waals surface area (Å²) in [6.07, 6.45) is -6.89. The molecule has 1 fully saturated rings. The van der Waals surface area contributed by atoms with E-state index in [4.69, 9.17) is 23.7 Å². The first-order valence-corrected chi connectivity index (χ1v) is 12.2. The molecule has 1 amide bonds. The van der Waals surface area contributed by atoms with Gasteiger partial charge in [-0.3, -0.25) is 14.4 Å². The number of carbonyl (C=O) groups excluding carboxylic acids is 1. The van der Waals surface area contributed by atoms with E-state index in [0.29, 0.717) is 15.9 Å². The number of amides is 1. The van der Waals surface area contributed by atoms with Crippen molar-refractivity contribution >= 4 is 30.7 Å². The number of furan rings is 1. The van der Waals surface area contributed by atoms with Crippen molar-refractivity contribution in [3.05, 3.63) is 57.8 Å². The number of phosphoric acid groups is 1. The number of hydrogen-bond acceptors (Lipinski definition) is 9. The van der Waals surface area contributed by atoms with Crippen LogP contribution in [0.4, 0.5) is 19.4 Å². The third-order valence-electron chi connectivity index (χ3n) is 5.44. The number of rotatable bonds is 7. The molecule has 3 atom stereocenters. The number of phosphoric ester groups is 1. The normalized spacial score (nSPS) is 21.3. The van der Waals surface area contributed by atoms with E-state index in [9.17, 15) is 28.0 Å². The standard InChI is InChI=1S/C21H22F2N3O10P/c1-10-5-11(2)16-12(6-10)7-13(35-16)8-33-20(29)25-15-3-4-26(19(28)24-15)18-21(22,23)17(27)14(36-18)9-34-37(30,31)32/h3-7,14,17-18,27H,8-9H2,1-2H3,(H2,30,31,32)(H,24,25,28,29)/t14-,17-,18?/m1/s1. The Hall–Kier alpha value is -3.20. The van der Waals surface area contributed by atoms with E-state index in [1.54, 1.807) is 6.07 Å². The lowest BCUT2D eigenvalue weighted by molar-refractivity contribution is -0.140. The number of aryl methyl sites for hydroxylation is 2. The van der Waals surface area contributed by atoms with Gasteiger partial charge in [0.15, 0.2) is 12.7 Å². The van der Waals surface area contributed by atoms with E-state index in [1.807, 2.05) is 26.0 Å². The molecule has 4 rings (SSSR count). The molecule has 0 saturated carbocycles. The second-order valence-electron chi connectivity index (χ2n) is 8.35. The Kier molecular flexibility index (Phi) is 7.21. The number of alkyl halides is 2. The summed E-state index contributed by atoms with van der Waals surface area (Å²) in [4.78, 5) is 45.4. The number of ether oxygens (including phenoxy) is 2. The number of aliphatic hydroxyl groups excluding tert-OH is 1. The molecule has 2 aromatic heterocycles. The highest BCUT2D eigenvalue weighted by Gasteiger charge is 2.60. The lowest BCUT2D eigenvalue weighted by atomic mass is 10.1. The first-order valence-electron chi connectivity index (χ1n) is 10.7. The minimum atomic E-state index is -5.02. The molecular weight excluding hydrogens is 523 g/mol. The first kappa shape index (κ1) is 26.9. The smallest absolute Gasteiger partial charge is 0.457 e. The fraction of sp³-hybridized carbons (Fsp3) is 0.381. The molecule has 13 nitrogen and oxygen atoms in total. The van der Waals surface area contributed by atoms with Crippen LogP contribution >= 0.6 is 7.82 Å². The zero-order chi connectivity index (χ0) is 27.1. The fourth-order valence-corrected chi connectivity index (χ4v) is 4.19. The predicted molar refractivity (Wildman–Crippen MR) is 121 cm³/mol. The first-order chi connectivity index (χ1) is 17.2. The largest absolute Gasteiger partial charge is 0.469 e. The molecule has 3 heterocycles. The van der Waals surface area contributed by atoms with Crippen molar-refractivity contribution in [3.63, 3.8) is 0 Å². The second kappa shape index (κ2) is 9.93. The van der Waals surface area contributed by atoms with Crippen LogP contribution in [0.1, 0.15) is 23.1 Å². The zero-order valence-electron chi connectivity index (χ0n) is 19.3. The van der Waals surface area contributed by atoms with E-state index in [-0.39, 0.29) is 12.4 Å². The van der Waals surface area contributed by atoms with Gasteiger partial charge in [-0.15, -0.1) is 0 Å². The van der Waals surface area contributed by atoms with Gasteiger partial charge in [-0.05, 0) is 37.6 Å². The summed E-state index contributed by atoms with van der Waals surface area (Å²) >= 11 is 0. The summed E-state index contributed by atoms with van der Waals surface area (Å²) in [6, 6.07) is 6.59. The Labute approximate surface area is 206 Å². The number of aliphatic hydroxyl groups is 1. The maximum Gasteiger partial charge on any atom is 0.469 e. The molecule has 1 unspecified atom stereocenters. The third kappa shape index (κ3) is 5.87. The minimum absolute atomic E-state index is 0.228. The van der Waals surface area contributed by atoms with E-state index in [2.05, 4.69) is 14.8 Å². The van der Waals surface area contributed by atoms with Crippen LogP contribution in [-0.4, -0.2) is 55.3 Å². The van der Waals surface area contributed by atoms with Gasteiger partial charge >= 0.3 is 25.5 Å². The minimum Gasteiger partial charge on any atom is -0.457 e. The molecule has 16 heteroatoms. The Morgan fingerprint density at radius 2 is 2.03 bits per heavy atom. The number of halogens is 2. The highest BCUT2D eigenvalue weighted by molar-refractivity contribution is 7.46. The lowest BCUT2D eigenvalue weighted by Gasteiger charge is -2.21. The summed E-state index contributed by atoms with van der Waals surface area (Å²) in [7, 11) is -5.02. The van der Waals surface area contributed by atoms with Crippen LogP contribution in [0.15, 0.2) is 39.7 Å². The number of carbonyl (C=O) groups is 1. The monoisotopic (exact) mass is 545 g/mol. The zero-order valence-corrected chi connectivity index (χ0v) is 20.2. The van der Waals surface area contributed by atoms with Gasteiger partial charge < -0.3 is 28.8 Å². The number of benzene rings is 1. The second-order valence-corrected chi connectivity index (χ2v) is 9.59. The van der Waals surface area contributed by atoms with E-state index in [0.717, 1.165) is 28.8 Å². The lowest BCUT2D eigenvalue weighted by Crippen LogP contribution is -2.42. The molecule has 4 N–H and O–H groups in total. The summed E-state index contributed by atoms with van der Waals surface area (Å²) in [5.74, 6) is -3.98. The summed E-state index contributed by atoms with van der Waals surface area (Å²) in [6.45, 7) is 2.53. The van der Waals surface area contributed by atoms with Crippen molar-refractivity contribution in [1.29, 1.82) is 0 Å². The Morgan fingerprint density at radius 3 is 2.70 bits per heavy atom. The van der Waals surface area contributed by atoms with Gasteiger partial charge in [0, 0.05) is 11.6 Å². The molecule has 1 aliphatic heterocycles. The average molecular weight is 545 g/mol. The molecule has 37 heavy (non-hydrogen) atoms. The number of nitrogens with zero attached hydrogens (tertiary/aromatic N) is 2. The summed E-state index contributed by atoms with van der Waals surface area (Å²) in [5.41, 5.74) is 1.34. The van der Waals surface area contributed by atoms with Crippen LogP contribution in [0.2, 0.25) is 0 Å². The van der Waals surface area contributed by atoms with Crippen molar-refractivity contribution in [2.45, 2.75) is 44.8 Å². The van der Waals surface area contributed by atoms with E-state index < -0.39 is 50.6 Å². The van der Waals surface area contributed by atoms with Gasteiger partial charge in [-0.1, -0.05) is 11.6 Å². The summed E-state index contributed by atoms with van der Waals surface area (Å²) in [5, 5.41) is 12.8. The number of hydrogen-bond donors (Lipinski definition) is 4. The van der Waals surface area contributed by atoms with E-state index >= 15 is 0 Å². The van der Waals surface area contributed by atoms with Gasteiger partial charge in [0.2, 0.25) is 6.23 Å². The predicted octanol–water partition coefficient (Wildman–Crippen LogP) is 2.36. The molecule has 0 bridgehead atoms. The number of anilines is 1. The van der Waals surface area contributed by atoms with Crippen molar-refractivity contribution < 1.29 is 51.4 Å². The molecular formula is C21H22F2N3O10P. The van der Waals surface area contributed by atoms with Crippen molar-refractivity contribution in [2.24, 2.45) is 0 Å². The molecule has 200 valence electrons. The molecule has 1 saturated heterocycles. The highest BCUT2D eigenvalue weighted by atomic mass is 31.2. The van der Waals surface area contributed by atoms with Crippen molar-refractivity contribution in [3.8, 4) is 0 Å². The number of nitrogens with one attached hydrogen (secondary N) is 1. The van der Waals surface area contributed by atoms with Crippen molar-refractivity contribution in [1.82, 2.24) is 9.55 Å². The van der Waals surface area contributed by atoms with Gasteiger partial charge in [0.05, 0.1) is 6.61 Å². The summed E-state index contributed by atoms with van der Waals surface area (Å²) < 4.78 is 60.0. The SMILES string of the molecule is Cc1cc(C)c2oc(COC(=O)Nc3ccn(C4O[C@H](COP(=O)(O)O)[C@@H](O)C4(F)F)c(=O)n3)cc2c1. The van der Waals surface area contributed by atoms with Gasteiger partial charge in [-0.2, -0.15) is 13.8 Å². The number of aromatic nitrogens is 2. The maximum absolute atomic E-state index is 14.5. The van der Waals surface area contributed by atoms with Gasteiger partial charge in [0.1, 0.15) is 23.3 Å². The molecule has 0 radical (unpaired) electrons. The quantitative estimate of drug-likeness (QED) is 0.320. The van der Waals surface area contributed by atoms with Crippen LogP contribution in [0.3, 0.4) is 0 Å². The van der Waals surface area contributed by atoms with Crippen LogP contribution in [-0.2, 0) is 25.2 Å². The average Bonchev–Trinajstić information content (AvgIpc) is 3.29. The molecule has 0 spiro atoms. The molecule has 1 aliphatic rings. The van der Waals surface area contributed by atoms with Crippen LogP contribution in [0.25, 0.3) is 11.0 Å². The van der Waals surface area contributed by atoms with Crippen molar-refractivity contribution in [2.75, 3.05) is 11.9 Å². The Balaban J connectivity index is 1.40. The molecule has 3 aromatic rings. The maximum atomic E-state index is 14.5. The topological polar surface area (TPSA) is 183 Å². The van der Waals surface area contributed by atoms with Gasteiger partial charge in [0.25, 0.3) is 0 Å². The number of fused-ring (bicyclic) bond motifs is 1. The van der Waals surface area contributed by atoms with Gasteiger partial charge in [-0.25, -0.2) is 14.2 Å². The Bertz CT molecular complexity index is 1440. The Morgan fingerprint density at radius 1 is 1.30 bits per heavy atom. The molecule has 0 aliphatic carbocycles. The van der Waals surface area contributed by atoms with Crippen LogP contribution in [0, 0.1) is 13.8 Å². The fourth-order valence-electron chi connectivity index (χ4n) is 3.85.